The number of methoxy groups -OCH3 is 2. The molecule has 2 aromatic rings. The predicted octanol–water partition coefficient (Wildman–Crippen LogP) is 2.01. The molecule has 0 unspecified atom stereocenters. The Kier molecular flexibility index (Phi) is 7.19. The van der Waals surface area contributed by atoms with Crippen LogP contribution < -0.4 is 25.2 Å². The van der Waals surface area contributed by atoms with Crippen molar-refractivity contribution in [3.05, 3.63) is 46.0 Å². The second kappa shape index (κ2) is 9.41. The zero-order valence-electron chi connectivity index (χ0n) is 16.6. The number of nitrogens with two attached hydrogens (primary N) is 1. The van der Waals surface area contributed by atoms with Gasteiger partial charge in [0.05, 0.1) is 24.0 Å². The lowest BCUT2D eigenvalue weighted by atomic mass is 10.1. The molecule has 11 nitrogen and oxygen atoms in total. The van der Waals surface area contributed by atoms with Gasteiger partial charge in [-0.2, -0.15) is 0 Å². The maximum Gasteiger partial charge on any atom is 0.293 e. The minimum atomic E-state index is -4.07. The van der Waals surface area contributed by atoms with Gasteiger partial charge in [-0.1, -0.05) is 0 Å². The molecule has 12 heteroatoms. The van der Waals surface area contributed by atoms with Crippen LogP contribution in [-0.4, -0.2) is 40.0 Å². The van der Waals surface area contributed by atoms with E-state index in [0.717, 1.165) is 17.7 Å². The molecule has 1 amide bonds. The first-order chi connectivity index (χ1) is 14.1. The molecule has 0 aliphatic heterocycles. The number of nitrogens with one attached hydrogen (secondary N) is 2. The van der Waals surface area contributed by atoms with Crippen molar-refractivity contribution in [1.29, 1.82) is 0 Å². The fourth-order valence-corrected chi connectivity index (χ4v) is 3.16. The number of carbonyl (C=O) groups excluding carboxylic acids is 1. The van der Waals surface area contributed by atoms with Crippen LogP contribution in [0.4, 0.5) is 17.1 Å². The van der Waals surface area contributed by atoms with Crippen LogP contribution in [0.3, 0.4) is 0 Å². The van der Waals surface area contributed by atoms with Gasteiger partial charge < -0.3 is 20.1 Å². The Bertz CT molecular complexity index is 1070. The van der Waals surface area contributed by atoms with Crippen molar-refractivity contribution in [1.82, 2.24) is 0 Å². The number of sulfonamides is 1. The molecule has 0 bridgehead atoms. The minimum absolute atomic E-state index is 0.00186. The number of hydrogen-bond acceptors (Lipinski definition) is 8. The average molecular weight is 438 g/mol. The molecule has 0 aliphatic rings. The van der Waals surface area contributed by atoms with Crippen LogP contribution in [0, 0.1) is 17.0 Å². The van der Waals surface area contributed by atoms with E-state index >= 15 is 0 Å². The Balaban J connectivity index is 2.05. The Morgan fingerprint density at radius 1 is 1.13 bits per heavy atom. The number of aryl methyl sites for hydroxylation is 1. The van der Waals surface area contributed by atoms with Crippen LogP contribution in [-0.2, 0) is 14.8 Å². The van der Waals surface area contributed by atoms with Gasteiger partial charge in [-0.15, -0.1) is 0 Å². The van der Waals surface area contributed by atoms with Gasteiger partial charge in [0.25, 0.3) is 5.69 Å². The second-order valence-electron chi connectivity index (χ2n) is 6.23. The highest BCUT2D eigenvalue weighted by Gasteiger charge is 2.19. The van der Waals surface area contributed by atoms with E-state index < -0.39 is 20.6 Å². The summed E-state index contributed by atoms with van der Waals surface area (Å²) in [4.78, 5) is 22.4. The summed E-state index contributed by atoms with van der Waals surface area (Å²) in [6.07, 6.45) is 0.00186. The summed E-state index contributed by atoms with van der Waals surface area (Å²) >= 11 is 0. The SMILES string of the molecule is COc1cc(C)c(NC(=O)CCNc2ccc(S(N)(=O)=O)cc2[N+](=O)[O-])cc1OC. The quantitative estimate of drug-likeness (QED) is 0.395. The highest BCUT2D eigenvalue weighted by Crippen LogP contribution is 2.33. The number of hydrogen-bond donors (Lipinski definition) is 3. The maximum absolute atomic E-state index is 12.3. The number of amides is 1. The predicted molar refractivity (Wildman–Crippen MR) is 110 cm³/mol. The first-order valence-electron chi connectivity index (χ1n) is 8.64. The van der Waals surface area contributed by atoms with E-state index in [-0.39, 0.29) is 29.5 Å². The van der Waals surface area contributed by atoms with Gasteiger partial charge in [0, 0.05) is 30.8 Å². The molecule has 0 aromatic heterocycles. The summed E-state index contributed by atoms with van der Waals surface area (Å²) in [6, 6.07) is 6.61. The van der Waals surface area contributed by atoms with Gasteiger partial charge in [-0.05, 0) is 30.7 Å². The van der Waals surface area contributed by atoms with Gasteiger partial charge in [-0.25, -0.2) is 13.6 Å². The third kappa shape index (κ3) is 5.58. The van der Waals surface area contributed by atoms with Crippen LogP contribution in [0.5, 0.6) is 11.5 Å². The summed E-state index contributed by atoms with van der Waals surface area (Å²) in [5.41, 5.74) is 0.921. The van der Waals surface area contributed by atoms with Crippen molar-refractivity contribution in [3.8, 4) is 11.5 Å². The summed E-state index contributed by atoms with van der Waals surface area (Å²) in [6.45, 7) is 1.87. The van der Waals surface area contributed by atoms with Crippen molar-refractivity contribution in [3.63, 3.8) is 0 Å². The average Bonchev–Trinajstić information content (AvgIpc) is 2.68. The van der Waals surface area contributed by atoms with E-state index in [4.69, 9.17) is 14.6 Å². The fourth-order valence-electron chi connectivity index (χ4n) is 2.63. The lowest BCUT2D eigenvalue weighted by Gasteiger charge is -2.14. The Morgan fingerprint density at radius 2 is 1.77 bits per heavy atom. The third-order valence-electron chi connectivity index (χ3n) is 4.17. The molecule has 4 N–H and O–H groups in total. The van der Waals surface area contributed by atoms with Crippen molar-refractivity contribution < 1.29 is 27.6 Å². The third-order valence-corrected chi connectivity index (χ3v) is 5.08. The molecule has 0 saturated heterocycles. The Morgan fingerprint density at radius 3 is 2.33 bits per heavy atom. The van der Waals surface area contributed by atoms with Crippen LogP contribution in [0.2, 0.25) is 0 Å². The van der Waals surface area contributed by atoms with Crippen molar-refractivity contribution in [2.45, 2.75) is 18.2 Å². The maximum atomic E-state index is 12.3. The minimum Gasteiger partial charge on any atom is -0.493 e. The van der Waals surface area contributed by atoms with E-state index in [0.29, 0.717) is 17.2 Å². The van der Waals surface area contributed by atoms with E-state index in [1.165, 1.54) is 20.3 Å². The molecular formula is C18H22N4O7S. The standard InChI is InChI=1S/C18H22N4O7S/c1-11-8-16(28-2)17(29-3)10-14(11)21-18(23)6-7-20-13-5-4-12(30(19,26)27)9-15(13)22(24)25/h4-5,8-10,20H,6-7H2,1-3H3,(H,21,23)(H2,19,26,27). The normalized spacial score (nSPS) is 10.9. The largest absolute Gasteiger partial charge is 0.493 e. The molecule has 0 fully saturated rings. The Hall–Kier alpha value is -3.38. The van der Waals surface area contributed by atoms with Crippen molar-refractivity contribution in [2.24, 2.45) is 5.14 Å². The van der Waals surface area contributed by atoms with Gasteiger partial charge >= 0.3 is 0 Å². The first-order valence-corrected chi connectivity index (χ1v) is 10.2. The smallest absolute Gasteiger partial charge is 0.293 e. The zero-order chi connectivity index (χ0) is 22.5. The highest BCUT2D eigenvalue weighted by atomic mass is 32.2. The number of ether oxygens (including phenoxy) is 2. The topological polar surface area (TPSA) is 163 Å². The van der Waals surface area contributed by atoms with E-state index in [2.05, 4.69) is 10.6 Å². The fraction of sp³-hybridized carbons (Fsp3) is 0.278. The van der Waals surface area contributed by atoms with Crippen molar-refractivity contribution >= 4 is 33.0 Å². The van der Waals surface area contributed by atoms with Gasteiger partial charge in [0.2, 0.25) is 15.9 Å². The summed E-state index contributed by atoms with van der Waals surface area (Å²) in [5, 5.41) is 21.7. The number of rotatable bonds is 9. The molecule has 0 aliphatic carbocycles. The summed E-state index contributed by atoms with van der Waals surface area (Å²) in [7, 11) is -1.08. The molecule has 2 rings (SSSR count). The van der Waals surface area contributed by atoms with Crippen LogP contribution in [0.25, 0.3) is 0 Å². The monoisotopic (exact) mass is 438 g/mol. The molecule has 162 valence electrons. The van der Waals surface area contributed by atoms with E-state index in [1.54, 1.807) is 19.1 Å². The first kappa shape index (κ1) is 22.9. The van der Waals surface area contributed by atoms with Crippen LogP contribution >= 0.6 is 0 Å². The number of anilines is 2. The van der Waals surface area contributed by atoms with Gasteiger partial charge in [0.1, 0.15) is 5.69 Å². The molecular weight excluding hydrogens is 416 g/mol. The number of benzene rings is 2. The molecule has 30 heavy (non-hydrogen) atoms. The van der Waals surface area contributed by atoms with Gasteiger partial charge in [-0.3, -0.25) is 14.9 Å². The Labute approximate surface area is 173 Å². The van der Waals surface area contributed by atoms with Crippen LogP contribution in [0.15, 0.2) is 35.2 Å². The molecule has 0 heterocycles. The number of nitro groups is 1. The molecule has 0 saturated carbocycles. The molecule has 0 radical (unpaired) electrons. The lowest BCUT2D eigenvalue weighted by Crippen LogP contribution is -2.17. The zero-order valence-corrected chi connectivity index (χ0v) is 17.4. The summed E-state index contributed by atoms with van der Waals surface area (Å²) in [5.74, 6) is 0.661. The molecule has 2 aromatic carbocycles. The van der Waals surface area contributed by atoms with Gasteiger partial charge in [0.15, 0.2) is 11.5 Å². The number of carbonyl (C=O) groups is 1. The summed E-state index contributed by atoms with van der Waals surface area (Å²) < 4.78 is 33.2. The number of nitrogens with zero attached hydrogens (tertiary/aromatic N) is 1. The van der Waals surface area contributed by atoms with Crippen molar-refractivity contribution in [2.75, 3.05) is 31.4 Å². The molecule has 0 spiro atoms. The molecule has 0 atom stereocenters. The number of nitro benzene ring substituents is 1. The highest BCUT2D eigenvalue weighted by molar-refractivity contribution is 7.89. The van der Waals surface area contributed by atoms with Crippen LogP contribution in [0.1, 0.15) is 12.0 Å². The van der Waals surface area contributed by atoms with E-state index in [1.807, 2.05) is 0 Å². The lowest BCUT2D eigenvalue weighted by molar-refractivity contribution is -0.384. The van der Waals surface area contributed by atoms with E-state index in [9.17, 15) is 23.3 Å². The number of primary sulfonamides is 1. The second-order valence-corrected chi connectivity index (χ2v) is 7.79.